The molecule has 0 bridgehead atoms. The molecule has 0 amide bonds. The number of rotatable bonds is 4. The highest BCUT2D eigenvalue weighted by Gasteiger charge is 2.21. The summed E-state index contributed by atoms with van der Waals surface area (Å²) in [5, 5.41) is 6.81. The van der Waals surface area contributed by atoms with Crippen LogP contribution in [0.3, 0.4) is 0 Å². The van der Waals surface area contributed by atoms with Crippen LogP contribution in [-0.4, -0.2) is 13.7 Å². The van der Waals surface area contributed by atoms with Crippen LogP contribution in [0.25, 0.3) is 103 Å². The van der Waals surface area contributed by atoms with Gasteiger partial charge in [-0.05, 0) is 77.2 Å². The zero-order valence-electron chi connectivity index (χ0n) is 29.5. The minimum Gasteiger partial charge on any atom is -0.311 e. The number of nitrogens with zero attached hydrogens (tertiary/aromatic N) is 5. The lowest BCUT2D eigenvalue weighted by Crippen LogP contribution is -2.01. The van der Waals surface area contributed by atoms with Crippen LogP contribution in [0.2, 0.25) is 0 Å². The summed E-state index contributed by atoms with van der Waals surface area (Å²) < 4.78 is 6.98. The van der Waals surface area contributed by atoms with Crippen molar-refractivity contribution in [2.24, 2.45) is 0 Å². The summed E-state index contributed by atoms with van der Waals surface area (Å²) >= 11 is 0. The van der Waals surface area contributed by atoms with Gasteiger partial charge in [-0.1, -0.05) is 115 Å². The summed E-state index contributed by atoms with van der Waals surface area (Å²) in [6, 6.07) is 61.3. The Kier molecular flexibility index (Phi) is 6.61. The fourth-order valence-corrected chi connectivity index (χ4v) is 8.78. The Morgan fingerprint density at radius 1 is 0.364 bits per heavy atom. The van der Waals surface area contributed by atoms with Crippen molar-refractivity contribution in [3.8, 4) is 28.2 Å². The first-order chi connectivity index (χ1) is 27.2. The topological polar surface area (TPSA) is 23.5 Å². The highest BCUT2D eigenvalue weighted by molar-refractivity contribution is 6.16. The van der Waals surface area contributed by atoms with Gasteiger partial charge in [0.05, 0.1) is 46.4 Å². The molecular weight excluding hydrogens is 671 g/mol. The molecule has 5 heteroatoms. The lowest BCUT2D eigenvalue weighted by atomic mass is 10.0. The molecule has 11 rings (SSSR count). The standard InChI is InChI=1S/C50H29N5/c1-51-41-30-29-34(31-40(41)32-25-27-33(28-26-32)53-46-22-10-6-16-39(46)49-42(52-2)18-12-23-47(49)53)54-43-19-7-5-15-37(43)38-17-11-24-48(50(38)54)55-44-20-8-3-13-35(44)36-14-4-9-21-45(36)55/h3-31H. The highest BCUT2D eigenvalue weighted by Crippen LogP contribution is 2.42. The molecule has 0 aliphatic heterocycles. The summed E-state index contributed by atoms with van der Waals surface area (Å²) in [6.07, 6.45) is 0. The van der Waals surface area contributed by atoms with Gasteiger partial charge in [0.15, 0.2) is 11.4 Å². The van der Waals surface area contributed by atoms with Gasteiger partial charge < -0.3 is 13.7 Å². The first-order valence-electron chi connectivity index (χ1n) is 18.3. The number of hydrogen-bond acceptors (Lipinski definition) is 0. The largest absolute Gasteiger partial charge is 0.311 e. The predicted molar refractivity (Wildman–Crippen MR) is 227 cm³/mol. The number of fused-ring (bicyclic) bond motifs is 9. The molecule has 0 aliphatic rings. The lowest BCUT2D eigenvalue weighted by Gasteiger charge is -2.16. The number of para-hydroxylation sites is 5. The maximum atomic E-state index is 8.18. The number of benzene rings is 8. The third-order valence-corrected chi connectivity index (χ3v) is 11.1. The van der Waals surface area contributed by atoms with Crippen molar-refractivity contribution in [3.63, 3.8) is 0 Å². The molecular formula is C50H29N5. The van der Waals surface area contributed by atoms with E-state index in [-0.39, 0.29) is 0 Å². The Balaban J connectivity index is 1.13. The third-order valence-electron chi connectivity index (χ3n) is 11.1. The second-order valence-electron chi connectivity index (χ2n) is 13.9. The van der Waals surface area contributed by atoms with Crippen LogP contribution in [0.5, 0.6) is 0 Å². The van der Waals surface area contributed by atoms with E-state index in [9.17, 15) is 0 Å². The minimum atomic E-state index is 0.596. The SMILES string of the molecule is [C-]#[N+]c1ccc(-n2c3ccccc3c3cccc(-n4c5ccccc5c5ccccc54)c32)cc1-c1ccc(-n2c3ccccc3c3c([N+]#[C-])cccc32)cc1. The fraction of sp³-hybridized carbons (Fsp3) is 0. The molecule has 0 spiro atoms. The zero-order chi connectivity index (χ0) is 36.6. The van der Waals surface area contributed by atoms with Gasteiger partial charge in [-0.25, -0.2) is 9.69 Å². The summed E-state index contributed by atoms with van der Waals surface area (Å²) in [7, 11) is 0. The molecule has 0 saturated heterocycles. The summed E-state index contributed by atoms with van der Waals surface area (Å²) in [6.45, 7) is 16.0. The summed E-state index contributed by atoms with van der Waals surface area (Å²) in [5.74, 6) is 0. The molecule has 0 unspecified atom stereocenters. The molecule has 0 atom stereocenters. The van der Waals surface area contributed by atoms with Gasteiger partial charge in [0.2, 0.25) is 0 Å². The molecule has 0 saturated carbocycles. The second kappa shape index (κ2) is 11.8. The Hall–Kier alpha value is -7.86. The fourth-order valence-electron chi connectivity index (χ4n) is 8.78. The molecule has 0 fully saturated rings. The van der Waals surface area contributed by atoms with E-state index in [1.54, 1.807) is 0 Å². The van der Waals surface area contributed by atoms with E-state index in [2.05, 4.69) is 169 Å². The van der Waals surface area contributed by atoms with E-state index >= 15 is 0 Å². The highest BCUT2D eigenvalue weighted by atomic mass is 15.1. The Bertz CT molecular complexity index is 3400. The molecule has 11 aromatic rings. The second-order valence-corrected chi connectivity index (χ2v) is 13.9. The first-order valence-corrected chi connectivity index (χ1v) is 18.3. The van der Waals surface area contributed by atoms with Crippen molar-refractivity contribution in [2.75, 3.05) is 0 Å². The van der Waals surface area contributed by atoms with Gasteiger partial charge in [0.1, 0.15) is 0 Å². The van der Waals surface area contributed by atoms with Crippen molar-refractivity contribution in [3.05, 3.63) is 199 Å². The van der Waals surface area contributed by atoms with Crippen molar-refractivity contribution in [1.82, 2.24) is 13.7 Å². The summed E-state index contributed by atoms with van der Waals surface area (Å²) in [4.78, 5) is 7.84. The number of hydrogen-bond donors (Lipinski definition) is 0. The maximum absolute atomic E-state index is 8.18. The van der Waals surface area contributed by atoms with E-state index in [1.165, 1.54) is 21.5 Å². The third kappa shape index (κ3) is 4.39. The Morgan fingerprint density at radius 3 is 1.53 bits per heavy atom. The molecule has 0 aliphatic carbocycles. The van der Waals surface area contributed by atoms with Crippen LogP contribution in [0.1, 0.15) is 0 Å². The van der Waals surface area contributed by atoms with Crippen molar-refractivity contribution in [1.29, 1.82) is 0 Å². The van der Waals surface area contributed by atoms with Crippen LogP contribution in [0.15, 0.2) is 176 Å². The van der Waals surface area contributed by atoms with Gasteiger partial charge in [0.25, 0.3) is 0 Å². The number of aromatic nitrogens is 3. The van der Waals surface area contributed by atoms with Gasteiger partial charge >= 0.3 is 0 Å². The smallest absolute Gasteiger partial charge is 0.197 e. The first kappa shape index (κ1) is 30.7. The van der Waals surface area contributed by atoms with Crippen molar-refractivity contribution >= 4 is 76.8 Å². The van der Waals surface area contributed by atoms with Gasteiger partial charge in [-0.3, -0.25) is 0 Å². The Labute approximate surface area is 316 Å². The minimum absolute atomic E-state index is 0.596. The van der Waals surface area contributed by atoms with Crippen molar-refractivity contribution in [2.45, 2.75) is 0 Å². The molecule has 55 heavy (non-hydrogen) atoms. The van der Waals surface area contributed by atoms with E-state index < -0.39 is 0 Å². The van der Waals surface area contributed by atoms with Crippen LogP contribution < -0.4 is 0 Å². The maximum Gasteiger partial charge on any atom is 0.197 e. The average molecular weight is 700 g/mol. The zero-order valence-corrected chi connectivity index (χ0v) is 29.5. The van der Waals surface area contributed by atoms with Gasteiger partial charge in [-0.2, -0.15) is 0 Å². The van der Waals surface area contributed by atoms with E-state index in [1.807, 2.05) is 30.3 Å². The van der Waals surface area contributed by atoms with Crippen LogP contribution in [0.4, 0.5) is 11.4 Å². The van der Waals surface area contributed by atoms with Crippen molar-refractivity contribution < 1.29 is 0 Å². The molecule has 3 heterocycles. The Morgan fingerprint density at radius 2 is 0.873 bits per heavy atom. The molecule has 5 nitrogen and oxygen atoms in total. The van der Waals surface area contributed by atoms with Crippen LogP contribution in [-0.2, 0) is 0 Å². The molecule has 0 N–H and O–H groups in total. The normalized spacial score (nSPS) is 11.6. The average Bonchev–Trinajstić information content (AvgIpc) is 3.90. The van der Waals surface area contributed by atoms with Gasteiger partial charge in [0, 0.05) is 43.8 Å². The quantitative estimate of drug-likeness (QED) is 0.163. The molecule has 254 valence electrons. The van der Waals surface area contributed by atoms with Crippen LogP contribution >= 0.6 is 0 Å². The lowest BCUT2D eigenvalue weighted by molar-refractivity contribution is 1.13. The molecule has 0 radical (unpaired) electrons. The van der Waals surface area contributed by atoms with E-state index in [4.69, 9.17) is 13.1 Å². The monoisotopic (exact) mass is 699 g/mol. The van der Waals surface area contributed by atoms with E-state index in [0.717, 1.165) is 72.1 Å². The van der Waals surface area contributed by atoms with Gasteiger partial charge in [-0.15, -0.1) is 0 Å². The molecule has 8 aromatic carbocycles. The predicted octanol–water partition coefficient (Wildman–Crippen LogP) is 13.7. The summed E-state index contributed by atoms with van der Waals surface area (Å²) in [5.41, 5.74) is 12.7. The van der Waals surface area contributed by atoms with Crippen LogP contribution in [0, 0.1) is 13.1 Å². The van der Waals surface area contributed by atoms with E-state index in [0.29, 0.717) is 11.4 Å². The molecule has 3 aromatic heterocycles.